The van der Waals surface area contributed by atoms with Gasteiger partial charge in [0.1, 0.15) is 4.84 Å². The van der Waals surface area contributed by atoms with E-state index in [1.54, 1.807) is 0 Å². The van der Waals surface area contributed by atoms with Crippen LogP contribution in [0.4, 0.5) is 0 Å². The summed E-state index contributed by atoms with van der Waals surface area (Å²) in [6, 6.07) is 0. The third kappa shape index (κ3) is 24.5. The monoisotopic (exact) mass is 226 g/mol. The van der Waals surface area contributed by atoms with Gasteiger partial charge in [-0.3, -0.25) is 0 Å². The Kier molecular flexibility index (Phi) is 18.6. The molecule has 13 heavy (non-hydrogen) atoms. The highest BCUT2D eigenvalue weighted by Gasteiger charge is 1.95. The van der Waals surface area contributed by atoms with E-state index in [0.29, 0.717) is 0 Å². The fraction of sp³-hybridized carbons (Fsp3) is 1.00. The van der Waals surface area contributed by atoms with Gasteiger partial charge in [-0.05, 0) is 6.42 Å². The summed E-state index contributed by atoms with van der Waals surface area (Å²) in [7, 11) is 0. The molecule has 0 atom stereocenters. The molecule has 0 spiro atoms. The number of rotatable bonds is 6. The van der Waals surface area contributed by atoms with Crippen molar-refractivity contribution in [1.82, 2.24) is 0 Å². The van der Waals surface area contributed by atoms with Crippen LogP contribution >= 0.6 is 23.2 Å². The molecular formula is C11H24Cl2. The van der Waals surface area contributed by atoms with Crippen LogP contribution < -0.4 is 0 Å². The molecule has 0 aliphatic heterocycles. The first-order chi connectivity index (χ1) is 6.18. The molecule has 0 saturated carbocycles. The molecule has 0 aliphatic rings. The molecular weight excluding hydrogens is 203 g/mol. The van der Waals surface area contributed by atoms with Gasteiger partial charge in [0.2, 0.25) is 0 Å². The predicted molar refractivity (Wildman–Crippen MR) is 64.8 cm³/mol. The zero-order valence-corrected chi connectivity index (χ0v) is 10.8. The summed E-state index contributed by atoms with van der Waals surface area (Å²) in [5, 5.41) is 0. The van der Waals surface area contributed by atoms with E-state index >= 15 is 0 Å². The van der Waals surface area contributed by atoms with Gasteiger partial charge < -0.3 is 0 Å². The normalized spacial score (nSPS) is 9.69. The van der Waals surface area contributed by atoms with Crippen molar-refractivity contribution in [1.29, 1.82) is 0 Å². The molecule has 82 valence electrons. The summed E-state index contributed by atoms with van der Waals surface area (Å²) in [6.07, 6.45) is 8.66. The van der Waals surface area contributed by atoms with Crippen LogP contribution in [0.2, 0.25) is 0 Å². The summed E-state index contributed by atoms with van der Waals surface area (Å²) in [6.45, 7) is 6.59. The summed E-state index contributed by atoms with van der Waals surface area (Å²) in [5.41, 5.74) is 0. The lowest BCUT2D eigenvalue weighted by molar-refractivity contribution is 0.692. The number of hydrogen-bond donors (Lipinski definition) is 0. The zero-order valence-electron chi connectivity index (χ0n) is 9.28. The lowest BCUT2D eigenvalue weighted by Gasteiger charge is -1.96. The second-order valence-electron chi connectivity index (χ2n) is 3.24. The minimum absolute atomic E-state index is 0.151. The van der Waals surface area contributed by atoms with Gasteiger partial charge in [0, 0.05) is 0 Å². The summed E-state index contributed by atoms with van der Waals surface area (Å²) >= 11 is 11.0. The van der Waals surface area contributed by atoms with E-state index in [1.165, 1.54) is 32.1 Å². The minimum atomic E-state index is -0.151. The maximum Gasteiger partial charge on any atom is 0.107 e. The van der Waals surface area contributed by atoms with Gasteiger partial charge in [-0.2, -0.15) is 0 Å². The first kappa shape index (κ1) is 16.0. The van der Waals surface area contributed by atoms with Crippen LogP contribution in [0.1, 0.15) is 65.7 Å². The molecule has 0 bridgehead atoms. The van der Waals surface area contributed by atoms with E-state index in [0.717, 1.165) is 12.8 Å². The van der Waals surface area contributed by atoms with Crippen molar-refractivity contribution in [3.63, 3.8) is 0 Å². The molecule has 0 fully saturated rings. The van der Waals surface area contributed by atoms with E-state index in [2.05, 4.69) is 20.8 Å². The molecule has 0 nitrogen and oxygen atoms in total. The Morgan fingerprint density at radius 3 is 1.46 bits per heavy atom. The molecule has 0 heterocycles. The van der Waals surface area contributed by atoms with Crippen LogP contribution in [0.3, 0.4) is 0 Å². The Morgan fingerprint density at radius 2 is 1.23 bits per heavy atom. The molecule has 0 saturated heterocycles. The zero-order chi connectivity index (χ0) is 10.5. The molecule has 0 aliphatic carbocycles. The van der Waals surface area contributed by atoms with E-state index in [9.17, 15) is 0 Å². The molecule has 2 heteroatoms. The second-order valence-corrected chi connectivity index (χ2v) is 4.52. The highest BCUT2D eigenvalue weighted by Crippen LogP contribution is 2.11. The van der Waals surface area contributed by atoms with Gasteiger partial charge in [0.25, 0.3) is 0 Å². The molecule has 0 aromatic rings. The lowest BCUT2D eigenvalue weighted by Crippen LogP contribution is -1.84. The molecule has 0 unspecified atom stereocenters. The van der Waals surface area contributed by atoms with E-state index < -0.39 is 0 Å². The van der Waals surface area contributed by atoms with Crippen molar-refractivity contribution in [2.75, 3.05) is 0 Å². The van der Waals surface area contributed by atoms with Crippen molar-refractivity contribution in [2.45, 2.75) is 70.6 Å². The molecule has 0 aromatic heterocycles. The van der Waals surface area contributed by atoms with Gasteiger partial charge >= 0.3 is 0 Å². The summed E-state index contributed by atoms with van der Waals surface area (Å²) in [4.78, 5) is -0.151. The van der Waals surface area contributed by atoms with Crippen LogP contribution in [0, 0.1) is 0 Å². The first-order valence-electron chi connectivity index (χ1n) is 5.47. The van der Waals surface area contributed by atoms with Crippen molar-refractivity contribution >= 4 is 23.2 Å². The number of halogens is 2. The van der Waals surface area contributed by atoms with Crippen LogP contribution in [0.5, 0.6) is 0 Å². The van der Waals surface area contributed by atoms with E-state index in [1.807, 2.05) is 0 Å². The molecule has 0 rings (SSSR count). The standard InChI is InChI=1S/C6H12Cl2.C5H12/c1-2-3-4-5-6(7)8;1-3-5-4-2/h6H,2-5H2,1H3;3-5H2,1-2H3. The Balaban J connectivity index is 0. The average molecular weight is 227 g/mol. The Hall–Kier alpha value is 0.580. The van der Waals surface area contributed by atoms with Crippen LogP contribution in [0.15, 0.2) is 0 Å². The average Bonchev–Trinajstić information content (AvgIpc) is 2.07. The van der Waals surface area contributed by atoms with Crippen LogP contribution in [-0.2, 0) is 0 Å². The fourth-order valence-electron chi connectivity index (χ4n) is 0.902. The molecule has 0 radical (unpaired) electrons. The summed E-state index contributed by atoms with van der Waals surface area (Å²) < 4.78 is 0. The first-order valence-corrected chi connectivity index (χ1v) is 6.34. The smallest absolute Gasteiger partial charge is 0.105 e. The topological polar surface area (TPSA) is 0 Å². The third-order valence-electron chi connectivity index (χ3n) is 1.73. The Labute approximate surface area is 94.0 Å². The Morgan fingerprint density at radius 1 is 0.769 bits per heavy atom. The molecule has 0 N–H and O–H groups in total. The van der Waals surface area contributed by atoms with E-state index in [4.69, 9.17) is 23.2 Å². The van der Waals surface area contributed by atoms with Crippen molar-refractivity contribution in [3.8, 4) is 0 Å². The van der Waals surface area contributed by atoms with E-state index in [-0.39, 0.29) is 4.84 Å². The molecule has 0 aromatic carbocycles. The number of hydrogen-bond acceptors (Lipinski definition) is 0. The van der Waals surface area contributed by atoms with Gasteiger partial charge in [0.15, 0.2) is 0 Å². The lowest BCUT2D eigenvalue weighted by atomic mass is 10.2. The fourth-order valence-corrected chi connectivity index (χ4v) is 1.21. The summed E-state index contributed by atoms with van der Waals surface area (Å²) in [5.74, 6) is 0. The Bertz CT molecular complexity index is 70.5. The van der Waals surface area contributed by atoms with Crippen LogP contribution in [-0.4, -0.2) is 4.84 Å². The van der Waals surface area contributed by atoms with Crippen molar-refractivity contribution in [3.05, 3.63) is 0 Å². The second kappa shape index (κ2) is 15.1. The SMILES string of the molecule is CCCCC.CCCCCC(Cl)Cl. The minimum Gasteiger partial charge on any atom is -0.105 e. The van der Waals surface area contributed by atoms with Gasteiger partial charge in [-0.1, -0.05) is 59.3 Å². The predicted octanol–water partition coefficient (Wildman–Crippen LogP) is 5.57. The van der Waals surface area contributed by atoms with Gasteiger partial charge in [0.05, 0.1) is 0 Å². The van der Waals surface area contributed by atoms with Gasteiger partial charge in [-0.15, -0.1) is 23.2 Å². The third-order valence-corrected chi connectivity index (χ3v) is 2.17. The maximum absolute atomic E-state index is 5.48. The van der Waals surface area contributed by atoms with Gasteiger partial charge in [-0.25, -0.2) is 0 Å². The quantitative estimate of drug-likeness (QED) is 0.411. The highest BCUT2D eigenvalue weighted by molar-refractivity contribution is 6.44. The highest BCUT2D eigenvalue weighted by atomic mass is 35.5. The van der Waals surface area contributed by atoms with Crippen molar-refractivity contribution < 1.29 is 0 Å². The number of unbranched alkanes of at least 4 members (excludes halogenated alkanes) is 4. The van der Waals surface area contributed by atoms with Crippen molar-refractivity contribution in [2.24, 2.45) is 0 Å². The van der Waals surface area contributed by atoms with Crippen LogP contribution in [0.25, 0.3) is 0 Å². The number of alkyl halides is 2. The largest absolute Gasteiger partial charge is 0.107 e. The maximum atomic E-state index is 5.48. The molecule has 0 amide bonds.